The lowest BCUT2D eigenvalue weighted by atomic mass is 9.77. The van der Waals surface area contributed by atoms with Crippen molar-refractivity contribution in [2.45, 2.75) is 129 Å². The molecule has 1 nitrogen and oxygen atoms in total. The van der Waals surface area contributed by atoms with Crippen LogP contribution in [0.3, 0.4) is 0 Å². The van der Waals surface area contributed by atoms with Gasteiger partial charge in [-0.15, -0.1) is 0 Å². The van der Waals surface area contributed by atoms with E-state index < -0.39 is 0 Å². The summed E-state index contributed by atoms with van der Waals surface area (Å²) in [5, 5.41) is 0. The third-order valence-corrected chi connectivity index (χ3v) is 8.09. The maximum Gasteiger partial charge on any atom is 0.0702 e. The minimum atomic E-state index is 0.949. The lowest BCUT2D eigenvalue weighted by molar-refractivity contribution is 0.239. The van der Waals surface area contributed by atoms with Crippen molar-refractivity contribution in [1.29, 1.82) is 0 Å². The second-order valence-electron chi connectivity index (χ2n) is 11.1. The lowest BCUT2D eigenvalue weighted by Gasteiger charge is -2.29. The van der Waals surface area contributed by atoms with Crippen LogP contribution < -0.4 is 0 Å². The summed E-state index contributed by atoms with van der Waals surface area (Å²) in [4.78, 5) is 4.77. The second kappa shape index (κ2) is 16.1. The average molecular weight is 462 g/mol. The van der Waals surface area contributed by atoms with Crippen molar-refractivity contribution < 1.29 is 0 Å². The highest BCUT2D eigenvalue weighted by atomic mass is 14.7. The summed E-state index contributed by atoms with van der Waals surface area (Å²) in [5.41, 5.74) is 5.23. The lowest BCUT2D eigenvalue weighted by Crippen LogP contribution is -2.16. The van der Waals surface area contributed by atoms with E-state index in [4.69, 9.17) is 4.98 Å². The number of pyridine rings is 1. The van der Waals surface area contributed by atoms with E-state index in [0.717, 1.165) is 17.5 Å². The molecule has 1 saturated carbocycles. The minimum Gasteiger partial charge on any atom is -0.256 e. The first-order valence-electron chi connectivity index (χ1n) is 14.8. The van der Waals surface area contributed by atoms with Crippen molar-refractivity contribution >= 4 is 0 Å². The molecule has 0 saturated heterocycles. The van der Waals surface area contributed by atoms with Gasteiger partial charge in [0, 0.05) is 11.8 Å². The fourth-order valence-electron chi connectivity index (χ4n) is 5.85. The summed E-state index contributed by atoms with van der Waals surface area (Å²) in [6.07, 6.45) is 27.0. The normalized spacial score (nSPS) is 18.3. The highest BCUT2D eigenvalue weighted by Gasteiger charge is 2.21. The van der Waals surface area contributed by atoms with E-state index in [9.17, 15) is 0 Å². The van der Waals surface area contributed by atoms with Gasteiger partial charge in [-0.3, -0.25) is 4.98 Å². The zero-order valence-corrected chi connectivity index (χ0v) is 22.4. The Morgan fingerprint density at radius 3 is 2.00 bits per heavy atom. The Balaban J connectivity index is 1.38. The number of hydrogen-bond donors (Lipinski definition) is 0. The first kappa shape index (κ1) is 27.0. The van der Waals surface area contributed by atoms with E-state index in [1.54, 1.807) is 0 Å². The van der Waals surface area contributed by atoms with Crippen LogP contribution in [0.15, 0.2) is 42.6 Å². The molecule has 0 bridgehead atoms. The molecule has 0 amide bonds. The predicted octanol–water partition coefficient (Wildman–Crippen LogP) is 10.4. The largest absolute Gasteiger partial charge is 0.256 e. The van der Waals surface area contributed by atoms with Gasteiger partial charge in [0.25, 0.3) is 0 Å². The molecule has 34 heavy (non-hydrogen) atoms. The molecule has 2 unspecified atom stereocenters. The zero-order valence-electron chi connectivity index (χ0n) is 22.4. The molecule has 2 atom stereocenters. The van der Waals surface area contributed by atoms with Crippen LogP contribution in [-0.2, 0) is 12.8 Å². The second-order valence-corrected chi connectivity index (χ2v) is 11.1. The van der Waals surface area contributed by atoms with E-state index in [1.165, 1.54) is 132 Å². The quantitative estimate of drug-likeness (QED) is 0.226. The van der Waals surface area contributed by atoms with E-state index in [0.29, 0.717) is 0 Å². The van der Waals surface area contributed by atoms with Gasteiger partial charge in [-0.2, -0.15) is 0 Å². The fraction of sp³-hybridized carbons (Fsp3) is 0.667. The summed E-state index contributed by atoms with van der Waals surface area (Å²) in [5.74, 6) is 1.96. The van der Waals surface area contributed by atoms with Crippen molar-refractivity contribution in [2.75, 3.05) is 0 Å². The summed E-state index contributed by atoms with van der Waals surface area (Å²) in [6, 6.07) is 13.7. The number of aromatic nitrogens is 1. The average Bonchev–Trinajstić information content (AvgIpc) is 2.88. The number of hydrogen-bond acceptors (Lipinski definition) is 1. The monoisotopic (exact) mass is 461 g/mol. The van der Waals surface area contributed by atoms with Crippen LogP contribution in [0, 0.1) is 11.8 Å². The van der Waals surface area contributed by atoms with E-state index >= 15 is 0 Å². The highest BCUT2D eigenvalue weighted by Crippen LogP contribution is 2.35. The maximum atomic E-state index is 4.77. The Morgan fingerprint density at radius 2 is 1.29 bits per heavy atom. The van der Waals surface area contributed by atoms with Gasteiger partial charge in [-0.1, -0.05) is 128 Å². The molecule has 3 rings (SSSR count). The van der Waals surface area contributed by atoms with Crippen LogP contribution in [0.5, 0.6) is 0 Å². The van der Waals surface area contributed by atoms with E-state index in [2.05, 4.69) is 56.4 Å². The van der Waals surface area contributed by atoms with Crippen LogP contribution in [-0.4, -0.2) is 4.98 Å². The standard InChI is InChI=1S/C33H51N/c1-3-5-7-9-10-12-15-31-22-25-33(34-27-31)32-23-20-28(21-24-32)18-19-30-17-13-16-29(26-30)14-11-8-6-4-2/h20-25,27,29-30H,3-19,26H2,1-2H3. The van der Waals surface area contributed by atoms with Crippen LogP contribution in [0.1, 0.15) is 128 Å². The van der Waals surface area contributed by atoms with Crippen LogP contribution in [0.25, 0.3) is 11.3 Å². The van der Waals surface area contributed by atoms with Crippen molar-refractivity contribution in [3.8, 4) is 11.3 Å². The van der Waals surface area contributed by atoms with Gasteiger partial charge in [0.05, 0.1) is 5.69 Å². The molecule has 0 radical (unpaired) electrons. The van der Waals surface area contributed by atoms with E-state index in [-0.39, 0.29) is 0 Å². The number of unbranched alkanes of at least 4 members (excludes halogenated alkanes) is 8. The van der Waals surface area contributed by atoms with Crippen molar-refractivity contribution in [3.63, 3.8) is 0 Å². The molecule has 1 heterocycles. The predicted molar refractivity (Wildman–Crippen MR) is 149 cm³/mol. The molecule has 188 valence electrons. The zero-order chi connectivity index (χ0) is 23.8. The van der Waals surface area contributed by atoms with Crippen LogP contribution in [0.2, 0.25) is 0 Å². The van der Waals surface area contributed by atoms with Crippen molar-refractivity contribution in [1.82, 2.24) is 4.98 Å². The van der Waals surface area contributed by atoms with Gasteiger partial charge in [0.1, 0.15) is 0 Å². The number of benzene rings is 1. The molecule has 1 aliphatic carbocycles. The first-order valence-corrected chi connectivity index (χ1v) is 14.8. The first-order chi connectivity index (χ1) is 16.8. The van der Waals surface area contributed by atoms with Gasteiger partial charge < -0.3 is 0 Å². The van der Waals surface area contributed by atoms with Gasteiger partial charge in [0.15, 0.2) is 0 Å². The molecular weight excluding hydrogens is 410 g/mol. The Kier molecular flexibility index (Phi) is 12.8. The Bertz CT molecular complexity index is 760. The van der Waals surface area contributed by atoms with Gasteiger partial charge >= 0.3 is 0 Å². The molecule has 2 aromatic rings. The van der Waals surface area contributed by atoms with Gasteiger partial charge in [-0.05, 0) is 61.1 Å². The molecule has 1 heteroatoms. The van der Waals surface area contributed by atoms with Gasteiger partial charge in [-0.25, -0.2) is 0 Å². The maximum absolute atomic E-state index is 4.77. The molecule has 0 spiro atoms. The molecule has 1 fully saturated rings. The van der Waals surface area contributed by atoms with E-state index in [1.807, 2.05) is 0 Å². The topological polar surface area (TPSA) is 12.9 Å². The minimum absolute atomic E-state index is 0.949. The fourth-order valence-corrected chi connectivity index (χ4v) is 5.85. The third kappa shape index (κ3) is 9.93. The Hall–Kier alpha value is -1.63. The van der Waals surface area contributed by atoms with Gasteiger partial charge in [0.2, 0.25) is 0 Å². The molecular formula is C33H51N. The third-order valence-electron chi connectivity index (χ3n) is 8.09. The summed E-state index contributed by atoms with van der Waals surface area (Å²) >= 11 is 0. The Labute approximate surface area is 211 Å². The van der Waals surface area contributed by atoms with Crippen LogP contribution in [0.4, 0.5) is 0 Å². The van der Waals surface area contributed by atoms with Crippen LogP contribution >= 0.6 is 0 Å². The number of aryl methyl sites for hydroxylation is 2. The highest BCUT2D eigenvalue weighted by molar-refractivity contribution is 5.59. The van der Waals surface area contributed by atoms with Crippen molar-refractivity contribution in [3.05, 3.63) is 53.7 Å². The summed E-state index contributed by atoms with van der Waals surface area (Å²) < 4.78 is 0. The molecule has 1 aromatic heterocycles. The SMILES string of the molecule is CCCCCCCCc1ccc(-c2ccc(CCC3CCCC(CCCCCC)C3)cc2)nc1. The molecule has 1 aromatic carbocycles. The molecule has 0 N–H and O–H groups in total. The Morgan fingerprint density at radius 1 is 0.647 bits per heavy atom. The molecule has 1 aliphatic rings. The van der Waals surface area contributed by atoms with Crippen molar-refractivity contribution in [2.24, 2.45) is 11.8 Å². The number of nitrogens with zero attached hydrogens (tertiary/aromatic N) is 1. The summed E-state index contributed by atoms with van der Waals surface area (Å²) in [6.45, 7) is 4.59. The smallest absolute Gasteiger partial charge is 0.0702 e. The molecule has 0 aliphatic heterocycles. The number of rotatable bonds is 16. The summed E-state index contributed by atoms with van der Waals surface area (Å²) in [7, 11) is 0.